The van der Waals surface area contributed by atoms with Crippen molar-refractivity contribution in [3.63, 3.8) is 0 Å². The van der Waals surface area contributed by atoms with Crippen molar-refractivity contribution in [1.82, 2.24) is 9.62 Å². The predicted molar refractivity (Wildman–Crippen MR) is 75.4 cm³/mol. The molecule has 1 aromatic heterocycles. The van der Waals surface area contributed by atoms with E-state index < -0.39 is 10.0 Å². The number of hydrogen-bond donors (Lipinski definition) is 1. The van der Waals surface area contributed by atoms with Gasteiger partial charge in [-0.25, -0.2) is 8.42 Å². The summed E-state index contributed by atoms with van der Waals surface area (Å²) in [7, 11) is -3.29. The maximum absolute atomic E-state index is 12.5. The van der Waals surface area contributed by atoms with Crippen LogP contribution in [0.3, 0.4) is 0 Å². The molecule has 2 aliphatic heterocycles. The molecule has 2 saturated heterocycles. The number of hydrogen-bond acceptors (Lipinski definition) is 4. The fourth-order valence-corrected chi connectivity index (χ4v) is 6.63. The topological polar surface area (TPSA) is 49.4 Å². The summed E-state index contributed by atoms with van der Waals surface area (Å²) in [5.41, 5.74) is 0.986. The van der Waals surface area contributed by atoms with E-state index in [4.69, 9.17) is 0 Å². The zero-order valence-electron chi connectivity index (χ0n) is 10.0. The van der Waals surface area contributed by atoms with Gasteiger partial charge in [-0.2, -0.15) is 4.31 Å². The van der Waals surface area contributed by atoms with Gasteiger partial charge < -0.3 is 5.32 Å². The van der Waals surface area contributed by atoms with Gasteiger partial charge in [-0.3, -0.25) is 0 Å². The Balaban J connectivity index is 1.87. The fourth-order valence-electron chi connectivity index (χ4n) is 2.69. The van der Waals surface area contributed by atoms with Gasteiger partial charge in [0, 0.05) is 13.1 Å². The lowest BCUT2D eigenvalue weighted by molar-refractivity contribution is 0.449. The first-order chi connectivity index (χ1) is 8.48. The normalized spacial score (nSPS) is 28.8. The molecule has 18 heavy (non-hydrogen) atoms. The summed E-state index contributed by atoms with van der Waals surface area (Å²) in [6.07, 6.45) is 0. The average Bonchev–Trinajstić information content (AvgIpc) is 2.93. The molecule has 4 nitrogen and oxygen atoms in total. The molecule has 0 bridgehead atoms. The SMILES string of the molecule is Cc1cc(S(=O)(=O)N2C[C@H]3CNC[C@H]3C2)sc1Br. The number of aryl methyl sites for hydroxylation is 1. The predicted octanol–water partition coefficient (Wildman–Crippen LogP) is 1.66. The van der Waals surface area contributed by atoms with Crippen molar-refractivity contribution >= 4 is 37.3 Å². The van der Waals surface area contributed by atoms with Crippen molar-refractivity contribution in [3.05, 3.63) is 15.4 Å². The maximum Gasteiger partial charge on any atom is 0.252 e. The highest BCUT2D eigenvalue weighted by atomic mass is 79.9. The number of nitrogens with one attached hydrogen (secondary N) is 1. The molecule has 0 amide bonds. The number of sulfonamides is 1. The summed E-state index contributed by atoms with van der Waals surface area (Å²) < 4.78 is 28.1. The quantitative estimate of drug-likeness (QED) is 0.882. The minimum atomic E-state index is -3.29. The molecule has 3 rings (SSSR count). The second-order valence-electron chi connectivity index (χ2n) is 5.02. The highest BCUT2D eigenvalue weighted by molar-refractivity contribution is 9.11. The standard InChI is InChI=1S/C11H15BrN2O2S2/c1-7-2-10(17-11(7)12)18(15,16)14-5-8-3-13-4-9(8)6-14/h2,8-9,13H,3-6H2,1H3/t8-,9+. The van der Waals surface area contributed by atoms with Crippen molar-refractivity contribution < 1.29 is 8.42 Å². The molecule has 0 spiro atoms. The van der Waals surface area contributed by atoms with E-state index in [9.17, 15) is 8.42 Å². The van der Waals surface area contributed by atoms with Crippen LogP contribution in [0.15, 0.2) is 14.1 Å². The van der Waals surface area contributed by atoms with E-state index in [1.807, 2.05) is 6.92 Å². The lowest BCUT2D eigenvalue weighted by atomic mass is 10.0. The summed E-state index contributed by atoms with van der Waals surface area (Å²) in [5, 5.41) is 3.32. The Bertz CT molecular complexity index is 538. The Morgan fingerprint density at radius 1 is 1.39 bits per heavy atom. The molecule has 0 saturated carbocycles. The maximum atomic E-state index is 12.5. The number of rotatable bonds is 2. The first-order valence-electron chi connectivity index (χ1n) is 5.95. The van der Waals surface area contributed by atoms with Crippen LogP contribution in [0.1, 0.15) is 5.56 Å². The van der Waals surface area contributed by atoms with Gasteiger partial charge in [0.2, 0.25) is 0 Å². The number of halogens is 1. The van der Waals surface area contributed by atoms with E-state index in [-0.39, 0.29) is 0 Å². The second-order valence-corrected chi connectivity index (χ2v) is 9.56. The van der Waals surface area contributed by atoms with E-state index >= 15 is 0 Å². The molecule has 100 valence electrons. The van der Waals surface area contributed by atoms with Crippen LogP contribution in [0.5, 0.6) is 0 Å². The molecule has 3 heterocycles. The molecular weight excluding hydrogens is 336 g/mol. The minimum absolute atomic E-state index is 0.458. The Kier molecular flexibility index (Phi) is 3.30. The second kappa shape index (κ2) is 4.56. The monoisotopic (exact) mass is 350 g/mol. The Labute approximate surface area is 120 Å². The Morgan fingerprint density at radius 3 is 2.50 bits per heavy atom. The van der Waals surface area contributed by atoms with Crippen molar-refractivity contribution in [2.45, 2.75) is 11.1 Å². The third-order valence-corrected chi connectivity index (χ3v) is 8.20. The number of thiophene rings is 1. The van der Waals surface area contributed by atoms with Crippen LogP contribution in [-0.2, 0) is 10.0 Å². The molecule has 2 fully saturated rings. The molecule has 7 heteroatoms. The summed E-state index contributed by atoms with van der Waals surface area (Å²) in [5.74, 6) is 0.980. The minimum Gasteiger partial charge on any atom is -0.316 e. The summed E-state index contributed by atoms with van der Waals surface area (Å²) >= 11 is 4.70. The largest absolute Gasteiger partial charge is 0.316 e. The summed E-state index contributed by atoms with van der Waals surface area (Å²) in [4.78, 5) is 0. The highest BCUT2D eigenvalue weighted by Gasteiger charge is 2.41. The first kappa shape index (κ1) is 13.1. The number of fused-ring (bicyclic) bond motifs is 1. The fraction of sp³-hybridized carbons (Fsp3) is 0.636. The molecule has 0 aliphatic carbocycles. The summed E-state index contributed by atoms with van der Waals surface area (Å²) in [6.45, 7) is 5.14. The van der Waals surface area contributed by atoms with Gasteiger partial charge in [0.05, 0.1) is 3.79 Å². The third kappa shape index (κ3) is 2.06. The molecular formula is C11H15BrN2O2S2. The Hall–Kier alpha value is 0.0500. The van der Waals surface area contributed by atoms with Crippen LogP contribution in [0, 0.1) is 18.8 Å². The van der Waals surface area contributed by atoms with Gasteiger partial charge in [-0.1, -0.05) is 0 Å². The zero-order chi connectivity index (χ0) is 12.9. The van der Waals surface area contributed by atoms with Gasteiger partial charge >= 0.3 is 0 Å². The van der Waals surface area contributed by atoms with Crippen LogP contribution in [-0.4, -0.2) is 38.9 Å². The molecule has 0 aromatic carbocycles. The van der Waals surface area contributed by atoms with Crippen molar-refractivity contribution in [1.29, 1.82) is 0 Å². The highest BCUT2D eigenvalue weighted by Crippen LogP contribution is 2.36. The average molecular weight is 351 g/mol. The van der Waals surface area contributed by atoms with E-state index in [2.05, 4.69) is 21.2 Å². The molecule has 2 atom stereocenters. The number of nitrogens with zero attached hydrogens (tertiary/aromatic N) is 1. The Morgan fingerprint density at radius 2 is 2.00 bits per heavy atom. The van der Waals surface area contributed by atoms with Crippen molar-refractivity contribution in [2.24, 2.45) is 11.8 Å². The van der Waals surface area contributed by atoms with Gasteiger partial charge in [0.25, 0.3) is 10.0 Å². The smallest absolute Gasteiger partial charge is 0.252 e. The van der Waals surface area contributed by atoms with E-state index in [0.717, 1.165) is 22.4 Å². The van der Waals surface area contributed by atoms with Crippen LogP contribution < -0.4 is 5.32 Å². The molecule has 1 aromatic rings. The molecule has 0 radical (unpaired) electrons. The molecule has 2 aliphatic rings. The molecule has 0 unspecified atom stereocenters. The lowest BCUT2D eigenvalue weighted by Crippen LogP contribution is -2.31. The summed E-state index contributed by atoms with van der Waals surface area (Å²) in [6, 6.07) is 1.76. The van der Waals surface area contributed by atoms with Crippen LogP contribution in [0.4, 0.5) is 0 Å². The van der Waals surface area contributed by atoms with E-state index in [0.29, 0.717) is 29.1 Å². The van der Waals surface area contributed by atoms with Crippen molar-refractivity contribution in [2.75, 3.05) is 26.2 Å². The zero-order valence-corrected chi connectivity index (χ0v) is 13.2. The van der Waals surface area contributed by atoms with Gasteiger partial charge in [0.15, 0.2) is 0 Å². The van der Waals surface area contributed by atoms with Gasteiger partial charge in [0.1, 0.15) is 4.21 Å². The van der Waals surface area contributed by atoms with Crippen LogP contribution in [0.25, 0.3) is 0 Å². The lowest BCUT2D eigenvalue weighted by Gasteiger charge is -2.15. The van der Waals surface area contributed by atoms with Crippen LogP contribution >= 0.6 is 27.3 Å². The van der Waals surface area contributed by atoms with Gasteiger partial charge in [-0.05, 0) is 59.4 Å². The van der Waals surface area contributed by atoms with Crippen molar-refractivity contribution in [3.8, 4) is 0 Å². The van der Waals surface area contributed by atoms with E-state index in [1.54, 1.807) is 10.4 Å². The molecule has 1 N–H and O–H groups in total. The van der Waals surface area contributed by atoms with E-state index in [1.165, 1.54) is 11.3 Å². The third-order valence-electron chi connectivity index (χ3n) is 3.78. The van der Waals surface area contributed by atoms with Crippen LogP contribution in [0.2, 0.25) is 0 Å². The van der Waals surface area contributed by atoms with Gasteiger partial charge in [-0.15, -0.1) is 11.3 Å². The first-order valence-corrected chi connectivity index (χ1v) is 9.00.